The van der Waals surface area contributed by atoms with Gasteiger partial charge in [0.15, 0.2) is 0 Å². The summed E-state index contributed by atoms with van der Waals surface area (Å²) in [7, 11) is 0. The summed E-state index contributed by atoms with van der Waals surface area (Å²) in [6.07, 6.45) is 2.42. The van der Waals surface area contributed by atoms with Crippen LogP contribution >= 0.6 is 0 Å². The smallest absolute Gasteiger partial charge is 0.0473 e. The molecule has 0 bridgehead atoms. The first kappa shape index (κ1) is 15.5. The Morgan fingerprint density at radius 3 is 2.40 bits per heavy atom. The second kappa shape index (κ2) is 6.73. The van der Waals surface area contributed by atoms with Crippen LogP contribution < -0.4 is 5.32 Å². The number of nitrogens with one attached hydrogen (secondary N) is 1. The molecule has 0 aromatic heterocycles. The fraction of sp³-hybridized carbons (Fsp3) is 0.667. The summed E-state index contributed by atoms with van der Waals surface area (Å²) in [5.41, 5.74) is 1.75. The van der Waals surface area contributed by atoms with Crippen LogP contribution in [0.1, 0.15) is 52.1 Å². The molecule has 1 N–H and O–H groups in total. The SMILES string of the molecule is CCC1(CC)CN(CC(C)C)C(c2ccccc2)CN1. The van der Waals surface area contributed by atoms with Crippen LogP contribution in [0, 0.1) is 5.92 Å². The van der Waals surface area contributed by atoms with E-state index in [0.29, 0.717) is 17.5 Å². The third-order valence-electron chi connectivity index (χ3n) is 4.75. The van der Waals surface area contributed by atoms with E-state index in [1.165, 1.54) is 24.9 Å². The van der Waals surface area contributed by atoms with Crippen LogP contribution in [-0.2, 0) is 0 Å². The lowest BCUT2D eigenvalue weighted by molar-refractivity contribution is 0.0626. The summed E-state index contributed by atoms with van der Waals surface area (Å²) < 4.78 is 0. The van der Waals surface area contributed by atoms with Crippen LogP contribution in [0.4, 0.5) is 0 Å². The highest BCUT2D eigenvalue weighted by Gasteiger charge is 2.37. The van der Waals surface area contributed by atoms with Gasteiger partial charge in [0.05, 0.1) is 0 Å². The standard InChI is InChI=1S/C18H30N2/c1-5-18(6-2)14-20(13-15(3)4)17(12-19-18)16-10-8-7-9-11-16/h7-11,15,17,19H,5-6,12-14H2,1-4H3. The van der Waals surface area contributed by atoms with Gasteiger partial charge in [-0.2, -0.15) is 0 Å². The van der Waals surface area contributed by atoms with Crippen LogP contribution in [-0.4, -0.2) is 30.1 Å². The van der Waals surface area contributed by atoms with Crippen molar-refractivity contribution in [3.8, 4) is 0 Å². The Hall–Kier alpha value is -0.860. The molecular formula is C18H30N2. The molecule has 2 rings (SSSR count). The lowest BCUT2D eigenvalue weighted by Gasteiger charge is -2.48. The highest BCUT2D eigenvalue weighted by atomic mass is 15.3. The molecule has 2 nitrogen and oxygen atoms in total. The van der Waals surface area contributed by atoms with Crippen LogP contribution in [0.3, 0.4) is 0 Å². The Kier molecular flexibility index (Phi) is 5.22. The lowest BCUT2D eigenvalue weighted by Crippen LogP contribution is -2.61. The summed E-state index contributed by atoms with van der Waals surface area (Å²) in [4.78, 5) is 2.70. The van der Waals surface area contributed by atoms with Gasteiger partial charge < -0.3 is 5.32 Å². The van der Waals surface area contributed by atoms with Crippen molar-refractivity contribution in [2.45, 2.75) is 52.1 Å². The highest BCUT2D eigenvalue weighted by molar-refractivity contribution is 5.21. The molecule has 0 spiro atoms. The molecule has 1 fully saturated rings. The van der Waals surface area contributed by atoms with Crippen molar-refractivity contribution >= 4 is 0 Å². The molecular weight excluding hydrogens is 244 g/mol. The molecule has 1 aromatic rings. The zero-order valence-electron chi connectivity index (χ0n) is 13.5. The first-order chi connectivity index (χ1) is 9.60. The van der Waals surface area contributed by atoms with E-state index in [9.17, 15) is 0 Å². The average molecular weight is 274 g/mol. The van der Waals surface area contributed by atoms with Crippen LogP contribution in [0.25, 0.3) is 0 Å². The van der Waals surface area contributed by atoms with Crippen LogP contribution in [0.5, 0.6) is 0 Å². The predicted molar refractivity (Wildman–Crippen MR) is 86.9 cm³/mol. The molecule has 112 valence electrons. The van der Waals surface area contributed by atoms with E-state index in [0.717, 1.165) is 13.1 Å². The minimum Gasteiger partial charge on any atom is -0.308 e. The van der Waals surface area contributed by atoms with Crippen LogP contribution in [0.2, 0.25) is 0 Å². The molecule has 0 aliphatic carbocycles. The summed E-state index contributed by atoms with van der Waals surface area (Å²) >= 11 is 0. The van der Waals surface area contributed by atoms with Crippen molar-refractivity contribution < 1.29 is 0 Å². The Balaban J connectivity index is 2.20. The van der Waals surface area contributed by atoms with Crippen molar-refractivity contribution in [2.24, 2.45) is 5.92 Å². The van der Waals surface area contributed by atoms with E-state index >= 15 is 0 Å². The quantitative estimate of drug-likeness (QED) is 0.877. The number of piperazine rings is 1. The maximum Gasteiger partial charge on any atom is 0.0473 e. The van der Waals surface area contributed by atoms with Gasteiger partial charge in [-0.1, -0.05) is 58.0 Å². The molecule has 1 aromatic carbocycles. The van der Waals surface area contributed by atoms with Gasteiger partial charge in [0.2, 0.25) is 0 Å². The van der Waals surface area contributed by atoms with Gasteiger partial charge in [-0.05, 0) is 24.3 Å². The minimum atomic E-state index is 0.306. The fourth-order valence-electron chi connectivity index (χ4n) is 3.39. The molecule has 0 saturated carbocycles. The highest BCUT2D eigenvalue weighted by Crippen LogP contribution is 2.30. The number of nitrogens with zero attached hydrogens (tertiary/aromatic N) is 1. The van der Waals surface area contributed by atoms with E-state index in [1.807, 2.05) is 0 Å². The zero-order chi connectivity index (χ0) is 14.6. The maximum absolute atomic E-state index is 3.84. The average Bonchev–Trinajstić information content (AvgIpc) is 2.47. The Labute approximate surface area is 124 Å². The molecule has 20 heavy (non-hydrogen) atoms. The first-order valence-electron chi connectivity index (χ1n) is 8.14. The predicted octanol–water partition coefficient (Wildman–Crippen LogP) is 3.85. The van der Waals surface area contributed by atoms with Gasteiger partial charge in [0.25, 0.3) is 0 Å². The second-order valence-corrected chi connectivity index (χ2v) is 6.62. The summed E-state index contributed by atoms with van der Waals surface area (Å²) in [5, 5.41) is 3.84. The van der Waals surface area contributed by atoms with Crippen molar-refractivity contribution in [3.63, 3.8) is 0 Å². The van der Waals surface area contributed by atoms with Crippen LogP contribution in [0.15, 0.2) is 30.3 Å². The Morgan fingerprint density at radius 1 is 1.20 bits per heavy atom. The van der Waals surface area contributed by atoms with E-state index in [1.54, 1.807) is 0 Å². The topological polar surface area (TPSA) is 15.3 Å². The summed E-state index contributed by atoms with van der Waals surface area (Å²) in [6.45, 7) is 12.7. The first-order valence-corrected chi connectivity index (χ1v) is 8.14. The van der Waals surface area contributed by atoms with Gasteiger partial charge in [0, 0.05) is 31.2 Å². The normalized spacial score (nSPS) is 23.1. The largest absolute Gasteiger partial charge is 0.308 e. The molecule has 1 aliphatic heterocycles. The second-order valence-electron chi connectivity index (χ2n) is 6.62. The molecule has 1 heterocycles. The Bertz CT molecular complexity index is 395. The van der Waals surface area contributed by atoms with Crippen molar-refractivity contribution in [2.75, 3.05) is 19.6 Å². The number of benzene rings is 1. The van der Waals surface area contributed by atoms with Crippen molar-refractivity contribution in [1.29, 1.82) is 0 Å². The number of rotatable bonds is 5. The molecule has 1 saturated heterocycles. The Morgan fingerprint density at radius 2 is 1.85 bits per heavy atom. The fourth-order valence-corrected chi connectivity index (χ4v) is 3.39. The van der Waals surface area contributed by atoms with Crippen molar-refractivity contribution in [3.05, 3.63) is 35.9 Å². The molecule has 0 amide bonds. The van der Waals surface area contributed by atoms with Gasteiger partial charge in [-0.15, -0.1) is 0 Å². The van der Waals surface area contributed by atoms with Gasteiger partial charge >= 0.3 is 0 Å². The molecule has 1 atom stereocenters. The molecule has 1 aliphatic rings. The third kappa shape index (κ3) is 3.42. The zero-order valence-corrected chi connectivity index (χ0v) is 13.5. The van der Waals surface area contributed by atoms with Crippen molar-refractivity contribution in [1.82, 2.24) is 10.2 Å². The lowest BCUT2D eigenvalue weighted by atomic mass is 9.86. The van der Waals surface area contributed by atoms with E-state index in [2.05, 4.69) is 68.2 Å². The van der Waals surface area contributed by atoms with Gasteiger partial charge in [0.1, 0.15) is 0 Å². The summed E-state index contributed by atoms with van der Waals surface area (Å²) in [6, 6.07) is 11.5. The third-order valence-corrected chi connectivity index (χ3v) is 4.75. The monoisotopic (exact) mass is 274 g/mol. The number of hydrogen-bond donors (Lipinski definition) is 1. The maximum atomic E-state index is 3.84. The number of hydrogen-bond acceptors (Lipinski definition) is 2. The summed E-state index contributed by atoms with van der Waals surface area (Å²) in [5.74, 6) is 0.714. The molecule has 2 heteroatoms. The minimum absolute atomic E-state index is 0.306. The van der Waals surface area contributed by atoms with E-state index in [4.69, 9.17) is 0 Å². The molecule has 0 radical (unpaired) electrons. The van der Waals surface area contributed by atoms with Gasteiger partial charge in [-0.3, -0.25) is 4.90 Å². The van der Waals surface area contributed by atoms with Gasteiger partial charge in [-0.25, -0.2) is 0 Å². The van der Waals surface area contributed by atoms with E-state index in [-0.39, 0.29) is 0 Å². The molecule has 1 unspecified atom stereocenters. The van der Waals surface area contributed by atoms with E-state index < -0.39 is 0 Å².